The van der Waals surface area contributed by atoms with Crippen LogP contribution in [-0.4, -0.2) is 37.0 Å². The van der Waals surface area contributed by atoms with Crippen LogP contribution in [-0.2, 0) is 11.2 Å². The summed E-state index contributed by atoms with van der Waals surface area (Å²) < 4.78 is 26.8. The Morgan fingerprint density at radius 2 is 1.86 bits per heavy atom. The predicted molar refractivity (Wildman–Crippen MR) is 75.7 cm³/mol. The molecule has 114 valence electrons. The lowest BCUT2D eigenvalue weighted by atomic mass is 9.92. The molecule has 2 aliphatic rings. The van der Waals surface area contributed by atoms with Crippen LogP contribution in [0.15, 0.2) is 18.2 Å². The van der Waals surface area contributed by atoms with E-state index in [1.54, 1.807) is 0 Å². The number of nitrogens with zero attached hydrogens (tertiary/aromatic N) is 1. The zero-order chi connectivity index (χ0) is 14.8. The number of likely N-dealkylation sites (tertiary alicyclic amines) is 1. The number of fused-ring (bicyclic) bond motifs is 1. The van der Waals surface area contributed by atoms with Crippen LogP contribution in [0.4, 0.5) is 8.78 Å². The molecule has 3 rings (SSSR count). The molecule has 3 nitrogen and oxygen atoms in total. The number of nitrogens with one attached hydrogen (secondary N) is 1. The van der Waals surface area contributed by atoms with Gasteiger partial charge in [-0.15, -0.1) is 0 Å². The minimum absolute atomic E-state index is 0.0584. The Hall–Kier alpha value is -1.49. The Morgan fingerprint density at radius 3 is 2.52 bits per heavy atom. The van der Waals surface area contributed by atoms with Crippen molar-refractivity contribution in [1.29, 1.82) is 0 Å². The molecular formula is C16H20F2N2O. The zero-order valence-electron chi connectivity index (χ0n) is 11.9. The van der Waals surface area contributed by atoms with Gasteiger partial charge in [0, 0.05) is 18.7 Å². The first-order valence-electron chi connectivity index (χ1n) is 7.56. The van der Waals surface area contributed by atoms with Crippen molar-refractivity contribution in [1.82, 2.24) is 10.2 Å². The number of carbonyl (C=O) groups is 1. The summed E-state index contributed by atoms with van der Waals surface area (Å²) in [5, 5.41) is 3.39. The van der Waals surface area contributed by atoms with E-state index in [2.05, 4.69) is 5.32 Å². The van der Waals surface area contributed by atoms with E-state index >= 15 is 0 Å². The molecule has 0 spiro atoms. The third-order valence-corrected chi connectivity index (χ3v) is 4.72. The summed E-state index contributed by atoms with van der Waals surface area (Å²) in [6.45, 7) is 3.51. The summed E-state index contributed by atoms with van der Waals surface area (Å²) in [5.74, 6) is 0.172. The molecule has 2 saturated heterocycles. The van der Waals surface area contributed by atoms with Crippen LogP contribution in [0, 0.1) is 23.5 Å². The molecule has 0 radical (unpaired) electrons. The van der Waals surface area contributed by atoms with E-state index in [-0.39, 0.29) is 17.9 Å². The maximum Gasteiger partial charge on any atom is 0.227 e. The fraction of sp³-hybridized carbons (Fsp3) is 0.562. The lowest BCUT2D eigenvalue weighted by Crippen LogP contribution is -2.34. The summed E-state index contributed by atoms with van der Waals surface area (Å²) in [6, 6.07) is 3.27. The highest BCUT2D eigenvalue weighted by atomic mass is 19.1. The maximum absolute atomic E-state index is 13.6. The van der Waals surface area contributed by atoms with Crippen molar-refractivity contribution in [2.75, 3.05) is 26.2 Å². The molecule has 5 heteroatoms. The molecule has 1 aromatic carbocycles. The van der Waals surface area contributed by atoms with Gasteiger partial charge in [-0.05, 0) is 56.0 Å². The summed E-state index contributed by atoms with van der Waals surface area (Å²) >= 11 is 0. The van der Waals surface area contributed by atoms with Crippen LogP contribution in [0.25, 0.3) is 0 Å². The number of rotatable bonds is 2. The predicted octanol–water partition coefficient (Wildman–Crippen LogP) is 1.97. The van der Waals surface area contributed by atoms with Gasteiger partial charge in [0.05, 0.1) is 6.42 Å². The number of hydrogen-bond donors (Lipinski definition) is 1. The van der Waals surface area contributed by atoms with Gasteiger partial charge in [-0.3, -0.25) is 4.79 Å². The quantitative estimate of drug-likeness (QED) is 0.904. The van der Waals surface area contributed by atoms with E-state index < -0.39 is 11.6 Å². The van der Waals surface area contributed by atoms with Gasteiger partial charge in [0.25, 0.3) is 0 Å². The molecule has 1 aromatic rings. The summed E-state index contributed by atoms with van der Waals surface area (Å²) in [4.78, 5) is 14.1. The Bertz CT molecular complexity index is 521. The highest BCUT2D eigenvalue weighted by Crippen LogP contribution is 2.27. The normalized spacial score (nSPS) is 25.5. The molecule has 0 bridgehead atoms. The van der Waals surface area contributed by atoms with E-state index in [1.165, 1.54) is 0 Å². The largest absolute Gasteiger partial charge is 0.342 e. The highest BCUT2D eigenvalue weighted by molar-refractivity contribution is 5.78. The fourth-order valence-electron chi connectivity index (χ4n) is 3.42. The van der Waals surface area contributed by atoms with Crippen LogP contribution in [0.2, 0.25) is 0 Å². The van der Waals surface area contributed by atoms with Gasteiger partial charge in [-0.25, -0.2) is 8.78 Å². The molecule has 2 heterocycles. The molecule has 0 aliphatic carbocycles. The van der Waals surface area contributed by atoms with Crippen molar-refractivity contribution < 1.29 is 13.6 Å². The Kier molecular flexibility index (Phi) is 4.19. The molecule has 21 heavy (non-hydrogen) atoms. The number of halogens is 2. The Morgan fingerprint density at radius 1 is 1.19 bits per heavy atom. The molecular weight excluding hydrogens is 274 g/mol. The standard InChI is InChI=1S/C16H20F2N2O/c17-14-1-2-15(18)13(7-14)8-16(21)20-5-3-11-9-19-10-12(11)4-6-20/h1-2,7,11-12,19H,3-6,8-10H2/t11-,12+. The number of carbonyl (C=O) groups excluding carboxylic acids is 1. The molecule has 2 atom stereocenters. The van der Waals surface area contributed by atoms with Crippen LogP contribution >= 0.6 is 0 Å². The average molecular weight is 294 g/mol. The molecule has 1 N–H and O–H groups in total. The van der Waals surface area contributed by atoms with Crippen molar-refractivity contribution in [3.8, 4) is 0 Å². The lowest BCUT2D eigenvalue weighted by Gasteiger charge is -2.21. The second-order valence-corrected chi connectivity index (χ2v) is 6.05. The van der Waals surface area contributed by atoms with Crippen molar-refractivity contribution in [3.05, 3.63) is 35.4 Å². The first kappa shape index (κ1) is 14.4. The van der Waals surface area contributed by atoms with Gasteiger partial charge in [-0.1, -0.05) is 0 Å². The minimum Gasteiger partial charge on any atom is -0.342 e. The molecule has 0 aromatic heterocycles. The molecule has 0 saturated carbocycles. The van der Waals surface area contributed by atoms with E-state index in [9.17, 15) is 13.6 Å². The van der Waals surface area contributed by atoms with Crippen molar-refractivity contribution >= 4 is 5.91 Å². The van der Waals surface area contributed by atoms with Crippen LogP contribution in [0.5, 0.6) is 0 Å². The third kappa shape index (κ3) is 3.23. The molecule has 0 unspecified atom stereocenters. The Balaban J connectivity index is 1.64. The van der Waals surface area contributed by atoms with E-state index in [1.807, 2.05) is 4.90 Å². The van der Waals surface area contributed by atoms with Gasteiger partial charge in [-0.2, -0.15) is 0 Å². The summed E-state index contributed by atoms with van der Waals surface area (Å²) in [5.41, 5.74) is 0.145. The zero-order valence-corrected chi connectivity index (χ0v) is 11.9. The smallest absolute Gasteiger partial charge is 0.227 e. The molecule has 2 fully saturated rings. The number of benzene rings is 1. The second-order valence-electron chi connectivity index (χ2n) is 6.05. The van der Waals surface area contributed by atoms with Crippen molar-refractivity contribution in [2.24, 2.45) is 11.8 Å². The topological polar surface area (TPSA) is 32.3 Å². The summed E-state index contributed by atoms with van der Waals surface area (Å²) in [6.07, 6.45) is 1.93. The molecule has 1 amide bonds. The minimum atomic E-state index is -0.513. The van der Waals surface area contributed by atoms with Crippen LogP contribution < -0.4 is 5.32 Å². The van der Waals surface area contributed by atoms with Gasteiger partial charge in [0.2, 0.25) is 5.91 Å². The lowest BCUT2D eigenvalue weighted by molar-refractivity contribution is -0.130. The van der Waals surface area contributed by atoms with Gasteiger partial charge >= 0.3 is 0 Å². The average Bonchev–Trinajstić information content (AvgIpc) is 2.81. The van der Waals surface area contributed by atoms with Crippen LogP contribution in [0.1, 0.15) is 18.4 Å². The van der Waals surface area contributed by atoms with Crippen molar-refractivity contribution in [2.45, 2.75) is 19.3 Å². The van der Waals surface area contributed by atoms with Gasteiger partial charge < -0.3 is 10.2 Å². The van der Waals surface area contributed by atoms with Crippen molar-refractivity contribution in [3.63, 3.8) is 0 Å². The first-order valence-corrected chi connectivity index (χ1v) is 7.56. The number of amides is 1. The third-order valence-electron chi connectivity index (χ3n) is 4.72. The van der Waals surface area contributed by atoms with Gasteiger partial charge in [0.1, 0.15) is 11.6 Å². The second kappa shape index (κ2) is 6.10. The van der Waals surface area contributed by atoms with E-state index in [4.69, 9.17) is 0 Å². The van der Waals surface area contributed by atoms with Gasteiger partial charge in [0.15, 0.2) is 0 Å². The fourth-order valence-corrected chi connectivity index (χ4v) is 3.42. The number of hydrogen-bond acceptors (Lipinski definition) is 2. The SMILES string of the molecule is O=C(Cc1cc(F)ccc1F)N1CC[C@@H]2CNC[C@@H]2CC1. The van der Waals surface area contributed by atoms with Crippen LogP contribution in [0.3, 0.4) is 0 Å². The van der Waals surface area contributed by atoms with E-state index in [0.29, 0.717) is 11.8 Å². The molecule has 2 aliphatic heterocycles. The van der Waals surface area contributed by atoms with E-state index in [0.717, 1.165) is 57.2 Å². The monoisotopic (exact) mass is 294 g/mol. The highest BCUT2D eigenvalue weighted by Gasteiger charge is 2.31. The Labute approximate surface area is 123 Å². The maximum atomic E-state index is 13.6. The summed E-state index contributed by atoms with van der Waals surface area (Å²) in [7, 11) is 0. The first-order chi connectivity index (χ1) is 10.1.